The molecule has 5 nitrogen and oxygen atoms in total. The van der Waals surface area contributed by atoms with E-state index in [2.05, 4.69) is 0 Å². The highest BCUT2D eigenvalue weighted by atomic mass is 16.7. The van der Waals surface area contributed by atoms with Crippen LogP contribution in [0.5, 0.6) is 0 Å². The predicted octanol–water partition coefficient (Wildman–Crippen LogP) is -0.886. The molecule has 1 unspecified atom stereocenters. The fourth-order valence-electron chi connectivity index (χ4n) is 1.59. The summed E-state index contributed by atoms with van der Waals surface area (Å²) in [5.74, 6) is 0. The summed E-state index contributed by atoms with van der Waals surface area (Å²) in [5, 5.41) is 19.0. The Bertz CT molecular complexity index is 147. The van der Waals surface area contributed by atoms with Gasteiger partial charge in [0, 0.05) is 14.2 Å². The van der Waals surface area contributed by atoms with Gasteiger partial charge >= 0.3 is 0 Å². The standard InChI is InChI=1S/C8H16O5/c1-4-6(11-2)5(9)7(12-3)8(10)13-4/h4-10H,1-3H3/t4-,5+,6-,7+,8?/m0/s1. The van der Waals surface area contributed by atoms with Crippen molar-refractivity contribution >= 4 is 0 Å². The number of methoxy groups -OCH3 is 2. The fourth-order valence-corrected chi connectivity index (χ4v) is 1.59. The van der Waals surface area contributed by atoms with E-state index in [9.17, 15) is 10.2 Å². The van der Waals surface area contributed by atoms with Crippen molar-refractivity contribution in [1.29, 1.82) is 0 Å². The monoisotopic (exact) mass is 192 g/mol. The first kappa shape index (κ1) is 10.9. The molecule has 1 aliphatic rings. The Morgan fingerprint density at radius 2 is 1.62 bits per heavy atom. The van der Waals surface area contributed by atoms with E-state index in [0.717, 1.165) is 0 Å². The van der Waals surface area contributed by atoms with Crippen molar-refractivity contribution in [2.75, 3.05) is 14.2 Å². The van der Waals surface area contributed by atoms with Crippen LogP contribution >= 0.6 is 0 Å². The Hall–Kier alpha value is -0.200. The Labute approximate surface area is 77.2 Å². The Morgan fingerprint density at radius 1 is 1.08 bits per heavy atom. The number of aliphatic hydroxyl groups is 2. The highest BCUT2D eigenvalue weighted by Gasteiger charge is 2.43. The molecule has 0 amide bonds. The van der Waals surface area contributed by atoms with Crippen LogP contribution in [-0.2, 0) is 14.2 Å². The number of aliphatic hydroxyl groups excluding tert-OH is 2. The number of ether oxygens (including phenoxy) is 3. The molecule has 1 heterocycles. The maximum atomic E-state index is 9.68. The molecule has 0 spiro atoms. The third-order valence-corrected chi connectivity index (χ3v) is 2.32. The van der Waals surface area contributed by atoms with Crippen LogP contribution in [0, 0.1) is 0 Å². The summed E-state index contributed by atoms with van der Waals surface area (Å²) in [5.41, 5.74) is 0. The molecule has 1 aliphatic heterocycles. The molecule has 0 aromatic carbocycles. The Kier molecular flexibility index (Phi) is 3.63. The number of rotatable bonds is 2. The van der Waals surface area contributed by atoms with Crippen molar-refractivity contribution in [3.63, 3.8) is 0 Å². The van der Waals surface area contributed by atoms with Crippen molar-refractivity contribution in [2.45, 2.75) is 37.6 Å². The second-order valence-electron chi connectivity index (χ2n) is 3.12. The van der Waals surface area contributed by atoms with Gasteiger partial charge in [0.15, 0.2) is 6.29 Å². The van der Waals surface area contributed by atoms with Crippen molar-refractivity contribution < 1.29 is 24.4 Å². The van der Waals surface area contributed by atoms with Crippen molar-refractivity contribution in [3.8, 4) is 0 Å². The lowest BCUT2D eigenvalue weighted by Crippen LogP contribution is -2.57. The summed E-state index contributed by atoms with van der Waals surface area (Å²) in [4.78, 5) is 0. The normalized spacial score (nSPS) is 46.4. The zero-order chi connectivity index (χ0) is 10.0. The zero-order valence-electron chi connectivity index (χ0n) is 8.01. The smallest absolute Gasteiger partial charge is 0.184 e. The summed E-state index contributed by atoms with van der Waals surface area (Å²) in [6.07, 6.45) is -3.52. The molecule has 0 aromatic rings. The number of hydrogen-bond acceptors (Lipinski definition) is 5. The lowest BCUT2D eigenvalue weighted by atomic mass is 10.00. The van der Waals surface area contributed by atoms with E-state index < -0.39 is 24.6 Å². The van der Waals surface area contributed by atoms with Gasteiger partial charge in [-0.05, 0) is 6.92 Å². The molecule has 2 N–H and O–H groups in total. The predicted molar refractivity (Wildman–Crippen MR) is 44.2 cm³/mol. The molecule has 13 heavy (non-hydrogen) atoms. The third kappa shape index (κ3) is 2.00. The van der Waals surface area contributed by atoms with Gasteiger partial charge in [0.1, 0.15) is 18.3 Å². The maximum Gasteiger partial charge on any atom is 0.184 e. The quantitative estimate of drug-likeness (QED) is 0.594. The van der Waals surface area contributed by atoms with E-state index in [1.807, 2.05) is 0 Å². The fraction of sp³-hybridized carbons (Fsp3) is 1.00. The Morgan fingerprint density at radius 3 is 2.08 bits per heavy atom. The average molecular weight is 192 g/mol. The molecule has 1 rings (SSSR count). The highest BCUT2D eigenvalue weighted by molar-refractivity contribution is 4.88. The van der Waals surface area contributed by atoms with Crippen LogP contribution in [0.1, 0.15) is 6.92 Å². The van der Waals surface area contributed by atoms with Gasteiger partial charge in [0.25, 0.3) is 0 Å². The van der Waals surface area contributed by atoms with E-state index >= 15 is 0 Å². The number of hydrogen-bond donors (Lipinski definition) is 2. The molecule has 1 fully saturated rings. The van der Waals surface area contributed by atoms with E-state index in [1.165, 1.54) is 14.2 Å². The minimum absolute atomic E-state index is 0.346. The molecular weight excluding hydrogens is 176 g/mol. The van der Waals surface area contributed by atoms with Gasteiger partial charge in [-0.1, -0.05) is 0 Å². The van der Waals surface area contributed by atoms with E-state index in [-0.39, 0.29) is 6.10 Å². The molecule has 0 bridgehead atoms. The van der Waals surface area contributed by atoms with Crippen LogP contribution < -0.4 is 0 Å². The molecule has 5 atom stereocenters. The largest absolute Gasteiger partial charge is 0.387 e. The van der Waals surface area contributed by atoms with Crippen molar-refractivity contribution in [3.05, 3.63) is 0 Å². The van der Waals surface area contributed by atoms with Gasteiger partial charge in [0.05, 0.1) is 6.10 Å². The van der Waals surface area contributed by atoms with E-state index in [1.54, 1.807) is 6.92 Å². The summed E-state index contributed by atoms with van der Waals surface area (Å²) >= 11 is 0. The lowest BCUT2D eigenvalue weighted by molar-refractivity contribution is -0.287. The van der Waals surface area contributed by atoms with Crippen molar-refractivity contribution in [1.82, 2.24) is 0 Å². The molecule has 0 radical (unpaired) electrons. The van der Waals surface area contributed by atoms with E-state index in [0.29, 0.717) is 0 Å². The van der Waals surface area contributed by atoms with Gasteiger partial charge in [-0.2, -0.15) is 0 Å². The van der Waals surface area contributed by atoms with Gasteiger partial charge in [-0.3, -0.25) is 0 Å². The average Bonchev–Trinajstić information content (AvgIpc) is 2.04. The van der Waals surface area contributed by atoms with Crippen molar-refractivity contribution in [2.24, 2.45) is 0 Å². The molecule has 5 heteroatoms. The van der Waals surface area contributed by atoms with Gasteiger partial charge in [-0.25, -0.2) is 0 Å². The maximum absolute atomic E-state index is 9.68. The first-order chi connectivity index (χ1) is 6.11. The Balaban J connectivity index is 2.69. The molecule has 78 valence electrons. The second-order valence-corrected chi connectivity index (χ2v) is 3.12. The van der Waals surface area contributed by atoms with Crippen LogP contribution in [0.4, 0.5) is 0 Å². The minimum Gasteiger partial charge on any atom is -0.387 e. The summed E-state index contributed by atoms with van der Waals surface area (Å²) in [6.45, 7) is 1.73. The van der Waals surface area contributed by atoms with Gasteiger partial charge in [-0.15, -0.1) is 0 Å². The molecule has 0 aromatic heterocycles. The summed E-state index contributed by atoms with van der Waals surface area (Å²) in [7, 11) is 2.89. The molecule has 1 saturated heterocycles. The lowest BCUT2D eigenvalue weighted by Gasteiger charge is -2.40. The van der Waals surface area contributed by atoms with E-state index in [4.69, 9.17) is 14.2 Å². The topological polar surface area (TPSA) is 68.2 Å². The molecular formula is C8H16O5. The minimum atomic E-state index is -1.10. The first-order valence-electron chi connectivity index (χ1n) is 4.19. The van der Waals surface area contributed by atoms with Crippen LogP contribution in [0.3, 0.4) is 0 Å². The van der Waals surface area contributed by atoms with Crippen LogP contribution in [0.2, 0.25) is 0 Å². The third-order valence-electron chi connectivity index (χ3n) is 2.32. The molecule has 0 saturated carbocycles. The van der Waals surface area contributed by atoms with Crippen LogP contribution in [-0.4, -0.2) is 55.1 Å². The summed E-state index contributed by atoms with van der Waals surface area (Å²) < 4.78 is 15.0. The zero-order valence-corrected chi connectivity index (χ0v) is 8.01. The second kappa shape index (κ2) is 4.34. The first-order valence-corrected chi connectivity index (χ1v) is 4.19. The van der Waals surface area contributed by atoms with Gasteiger partial charge in [0.2, 0.25) is 0 Å². The SMILES string of the molecule is CO[C@@H]1[C@@H](O)[C@@H](OC)C(O)O[C@H]1C. The highest BCUT2D eigenvalue weighted by Crippen LogP contribution is 2.23. The van der Waals surface area contributed by atoms with Gasteiger partial charge < -0.3 is 24.4 Å². The van der Waals surface area contributed by atoms with Crippen LogP contribution in [0.25, 0.3) is 0 Å². The van der Waals surface area contributed by atoms with Crippen LogP contribution in [0.15, 0.2) is 0 Å². The summed E-state index contributed by atoms with van der Waals surface area (Å²) in [6, 6.07) is 0. The molecule has 0 aliphatic carbocycles.